The second-order valence-corrected chi connectivity index (χ2v) is 8.04. The summed E-state index contributed by atoms with van der Waals surface area (Å²) in [6.45, 7) is 0.604. The summed E-state index contributed by atoms with van der Waals surface area (Å²) in [5.74, 6) is -0.449. The first-order valence-electron chi connectivity index (χ1n) is 6.35. The topological polar surface area (TPSA) is 57.6 Å². The Hall–Kier alpha value is -0.630. The summed E-state index contributed by atoms with van der Waals surface area (Å²) in [5, 5.41) is 11.3. The van der Waals surface area contributed by atoms with E-state index in [1.165, 1.54) is 11.3 Å². The predicted octanol–water partition coefficient (Wildman–Crippen LogP) is 2.68. The lowest BCUT2D eigenvalue weighted by Gasteiger charge is -2.24. The number of carboxylic acids is 1. The molecule has 1 amide bonds. The van der Waals surface area contributed by atoms with Gasteiger partial charge in [0, 0.05) is 11.9 Å². The van der Waals surface area contributed by atoms with Crippen LogP contribution in [0.1, 0.15) is 29.6 Å². The van der Waals surface area contributed by atoms with Gasteiger partial charge in [0.2, 0.25) is 0 Å². The van der Waals surface area contributed by atoms with Crippen LogP contribution < -0.4 is 0 Å². The Morgan fingerprint density at radius 3 is 2.84 bits per heavy atom. The van der Waals surface area contributed by atoms with E-state index < -0.39 is 12.0 Å². The molecule has 1 saturated heterocycles. The summed E-state index contributed by atoms with van der Waals surface area (Å²) in [5.41, 5.74) is 0.626. The zero-order valence-electron chi connectivity index (χ0n) is 10.2. The zero-order chi connectivity index (χ0) is 13.6. The third-order valence-electron chi connectivity index (χ3n) is 4.22. The van der Waals surface area contributed by atoms with Crippen LogP contribution in [0.25, 0.3) is 0 Å². The first kappa shape index (κ1) is 13.4. The minimum Gasteiger partial charge on any atom is -0.480 e. The molecule has 3 unspecified atom stereocenters. The van der Waals surface area contributed by atoms with Gasteiger partial charge in [0.05, 0.1) is 8.45 Å². The van der Waals surface area contributed by atoms with Gasteiger partial charge in [-0.1, -0.05) is 6.42 Å². The minimum absolute atomic E-state index is 0.124. The van der Waals surface area contributed by atoms with Crippen molar-refractivity contribution < 1.29 is 14.7 Å². The summed E-state index contributed by atoms with van der Waals surface area (Å²) >= 11 is 3.69. The molecule has 2 aliphatic rings. The van der Waals surface area contributed by atoms with E-state index in [0.29, 0.717) is 18.0 Å². The van der Waals surface area contributed by atoms with Crippen molar-refractivity contribution in [2.45, 2.75) is 25.3 Å². The van der Waals surface area contributed by atoms with Gasteiger partial charge >= 0.3 is 5.97 Å². The molecular weight excluding hydrogens is 377 g/mol. The van der Waals surface area contributed by atoms with Gasteiger partial charge in [0.15, 0.2) is 0 Å². The lowest BCUT2D eigenvalue weighted by Crippen LogP contribution is -2.43. The molecule has 1 aromatic rings. The summed E-state index contributed by atoms with van der Waals surface area (Å²) < 4.78 is 1.05. The van der Waals surface area contributed by atoms with E-state index in [9.17, 15) is 14.7 Å². The van der Waals surface area contributed by atoms with Gasteiger partial charge in [-0.05, 0) is 53.3 Å². The molecule has 102 valence electrons. The molecule has 3 atom stereocenters. The quantitative estimate of drug-likeness (QED) is 0.789. The van der Waals surface area contributed by atoms with E-state index >= 15 is 0 Å². The maximum atomic E-state index is 12.5. The highest BCUT2D eigenvalue weighted by atomic mass is 127. The van der Waals surface area contributed by atoms with E-state index in [4.69, 9.17) is 0 Å². The minimum atomic E-state index is -0.854. The first-order valence-corrected chi connectivity index (χ1v) is 8.31. The average molecular weight is 391 g/mol. The SMILES string of the molecule is O=C(O)C1C2CCCC2CN1C(=O)c1csc(I)c1. The number of carboxylic acid groups (broad SMARTS) is 1. The Bertz CT molecular complexity index is 530. The van der Waals surface area contributed by atoms with Gasteiger partial charge < -0.3 is 10.0 Å². The third-order valence-corrected chi connectivity index (χ3v) is 6.01. The van der Waals surface area contributed by atoms with Crippen molar-refractivity contribution in [1.29, 1.82) is 0 Å². The van der Waals surface area contributed by atoms with E-state index in [0.717, 1.165) is 22.1 Å². The molecule has 0 aromatic carbocycles. The maximum Gasteiger partial charge on any atom is 0.326 e. The second-order valence-electron chi connectivity index (χ2n) is 5.23. The van der Waals surface area contributed by atoms with Crippen LogP contribution in [0.3, 0.4) is 0 Å². The summed E-state index contributed by atoms with van der Waals surface area (Å²) in [7, 11) is 0. The molecule has 1 N–H and O–H groups in total. The number of nitrogens with zero attached hydrogens (tertiary/aromatic N) is 1. The smallest absolute Gasteiger partial charge is 0.326 e. The largest absolute Gasteiger partial charge is 0.480 e. The molecule has 2 fully saturated rings. The van der Waals surface area contributed by atoms with Crippen LogP contribution in [-0.4, -0.2) is 34.5 Å². The van der Waals surface area contributed by atoms with Crippen LogP contribution in [0.2, 0.25) is 0 Å². The molecule has 0 radical (unpaired) electrons. The highest BCUT2D eigenvalue weighted by Crippen LogP contribution is 2.42. The lowest BCUT2D eigenvalue weighted by atomic mass is 9.94. The summed E-state index contributed by atoms with van der Waals surface area (Å²) in [4.78, 5) is 25.6. The lowest BCUT2D eigenvalue weighted by molar-refractivity contribution is -0.142. The van der Waals surface area contributed by atoms with Crippen LogP contribution >= 0.6 is 33.9 Å². The maximum absolute atomic E-state index is 12.5. The van der Waals surface area contributed by atoms with Gasteiger partial charge in [-0.2, -0.15) is 0 Å². The average Bonchev–Trinajstić information content (AvgIpc) is 3.00. The number of hydrogen-bond acceptors (Lipinski definition) is 3. The van der Waals surface area contributed by atoms with E-state index in [2.05, 4.69) is 22.6 Å². The number of likely N-dealkylation sites (tertiary alicyclic amines) is 1. The number of amides is 1. The monoisotopic (exact) mass is 391 g/mol. The van der Waals surface area contributed by atoms with Gasteiger partial charge in [-0.25, -0.2) is 4.79 Å². The number of fused-ring (bicyclic) bond motifs is 1. The standard InChI is InChI=1S/C13H14INO3S/c14-10-4-8(6-19-10)12(16)15-5-7-2-1-3-9(7)11(15)13(17)18/h4,6-7,9,11H,1-3,5H2,(H,17,18). The van der Waals surface area contributed by atoms with E-state index in [1.807, 2.05) is 11.4 Å². The Kier molecular flexibility index (Phi) is 3.55. The van der Waals surface area contributed by atoms with Crippen LogP contribution in [0.4, 0.5) is 0 Å². The van der Waals surface area contributed by atoms with Crippen molar-refractivity contribution in [3.8, 4) is 0 Å². The summed E-state index contributed by atoms with van der Waals surface area (Å²) in [6.07, 6.45) is 3.09. The Morgan fingerprint density at radius 1 is 1.42 bits per heavy atom. The molecule has 0 spiro atoms. The molecule has 1 aromatic heterocycles. The fraction of sp³-hybridized carbons (Fsp3) is 0.538. The van der Waals surface area contributed by atoms with Crippen LogP contribution in [-0.2, 0) is 4.79 Å². The summed E-state index contributed by atoms with van der Waals surface area (Å²) in [6, 6.07) is 1.21. The van der Waals surface area contributed by atoms with Crippen molar-refractivity contribution in [3.05, 3.63) is 19.9 Å². The Labute approximate surface area is 128 Å². The molecule has 6 heteroatoms. The van der Waals surface area contributed by atoms with E-state index in [1.54, 1.807) is 4.90 Å². The number of thiophene rings is 1. The van der Waals surface area contributed by atoms with Gasteiger partial charge in [-0.15, -0.1) is 11.3 Å². The van der Waals surface area contributed by atoms with Crippen molar-refractivity contribution in [2.75, 3.05) is 6.54 Å². The molecule has 0 bridgehead atoms. The van der Waals surface area contributed by atoms with E-state index in [-0.39, 0.29) is 11.8 Å². The van der Waals surface area contributed by atoms with Crippen LogP contribution in [0, 0.1) is 14.7 Å². The molecule has 1 aliphatic heterocycles. The second kappa shape index (κ2) is 5.05. The molecular formula is C13H14INO3S. The first-order chi connectivity index (χ1) is 9.08. The van der Waals surface area contributed by atoms with Gasteiger partial charge in [-0.3, -0.25) is 4.79 Å². The molecule has 3 rings (SSSR count). The predicted molar refractivity (Wildman–Crippen MR) is 80.3 cm³/mol. The molecule has 4 nitrogen and oxygen atoms in total. The number of halogens is 1. The highest BCUT2D eigenvalue weighted by Gasteiger charge is 2.49. The van der Waals surface area contributed by atoms with Gasteiger partial charge in [0.25, 0.3) is 5.91 Å². The number of hydrogen-bond donors (Lipinski definition) is 1. The van der Waals surface area contributed by atoms with Crippen molar-refractivity contribution in [3.63, 3.8) is 0 Å². The normalized spacial score (nSPS) is 29.5. The molecule has 19 heavy (non-hydrogen) atoms. The fourth-order valence-electron chi connectivity index (χ4n) is 3.42. The number of aliphatic carboxylic acids is 1. The molecule has 1 saturated carbocycles. The Morgan fingerprint density at radius 2 is 2.21 bits per heavy atom. The van der Waals surface area contributed by atoms with Crippen molar-refractivity contribution in [1.82, 2.24) is 4.90 Å². The van der Waals surface area contributed by atoms with Crippen LogP contribution in [0.15, 0.2) is 11.4 Å². The number of carbonyl (C=O) groups is 2. The van der Waals surface area contributed by atoms with Crippen molar-refractivity contribution in [2.24, 2.45) is 11.8 Å². The Balaban J connectivity index is 1.87. The van der Waals surface area contributed by atoms with Gasteiger partial charge in [0.1, 0.15) is 6.04 Å². The fourth-order valence-corrected chi connectivity index (χ4v) is 4.74. The number of carbonyl (C=O) groups excluding carboxylic acids is 1. The van der Waals surface area contributed by atoms with Crippen LogP contribution in [0.5, 0.6) is 0 Å². The number of rotatable bonds is 2. The molecule has 2 heterocycles. The zero-order valence-corrected chi connectivity index (χ0v) is 13.2. The van der Waals surface area contributed by atoms with Crippen molar-refractivity contribution >= 4 is 45.8 Å². The third kappa shape index (κ3) is 2.29. The highest BCUT2D eigenvalue weighted by molar-refractivity contribution is 14.1. The molecule has 1 aliphatic carbocycles.